The highest BCUT2D eigenvalue weighted by atomic mass is 16.5. The van der Waals surface area contributed by atoms with Crippen LogP contribution in [0.4, 0.5) is 5.69 Å². The van der Waals surface area contributed by atoms with E-state index in [0.29, 0.717) is 24.1 Å². The molecule has 0 radical (unpaired) electrons. The summed E-state index contributed by atoms with van der Waals surface area (Å²) in [4.78, 5) is 12.0. The molecule has 1 aliphatic carbocycles. The van der Waals surface area contributed by atoms with Crippen LogP contribution in [0.3, 0.4) is 0 Å². The van der Waals surface area contributed by atoms with Crippen LogP contribution < -0.4 is 5.32 Å². The van der Waals surface area contributed by atoms with Crippen LogP contribution in [-0.2, 0) is 9.47 Å². The van der Waals surface area contributed by atoms with Gasteiger partial charge in [0.05, 0.1) is 18.3 Å². The van der Waals surface area contributed by atoms with Crippen molar-refractivity contribution in [3.05, 3.63) is 29.3 Å². The van der Waals surface area contributed by atoms with Gasteiger partial charge in [-0.3, -0.25) is 0 Å². The third kappa shape index (κ3) is 2.63. The van der Waals surface area contributed by atoms with Gasteiger partial charge in [-0.2, -0.15) is 0 Å². The molecule has 3 atom stereocenters. The summed E-state index contributed by atoms with van der Waals surface area (Å²) in [5, 5.41) is 3.76. The average molecular weight is 315 g/mol. The maximum atomic E-state index is 12.0. The second-order valence-corrected chi connectivity index (χ2v) is 6.98. The summed E-state index contributed by atoms with van der Waals surface area (Å²) in [6.07, 6.45) is 6.64. The van der Waals surface area contributed by atoms with E-state index in [1.54, 1.807) is 0 Å². The molecule has 23 heavy (non-hydrogen) atoms. The van der Waals surface area contributed by atoms with E-state index in [1.807, 2.05) is 25.1 Å². The van der Waals surface area contributed by atoms with Crippen molar-refractivity contribution in [2.75, 3.05) is 18.5 Å². The molecule has 0 unspecified atom stereocenters. The smallest absolute Gasteiger partial charge is 0.338 e. The highest BCUT2D eigenvalue weighted by Gasteiger charge is 2.44. The number of benzene rings is 1. The van der Waals surface area contributed by atoms with E-state index in [2.05, 4.69) is 5.32 Å². The van der Waals surface area contributed by atoms with Gasteiger partial charge >= 0.3 is 5.97 Å². The Labute approximate surface area is 137 Å². The second kappa shape index (κ2) is 6.16. The van der Waals surface area contributed by atoms with Gasteiger partial charge in [0.1, 0.15) is 0 Å². The second-order valence-electron chi connectivity index (χ2n) is 6.98. The number of fused-ring (bicyclic) bond motifs is 3. The van der Waals surface area contributed by atoms with Crippen molar-refractivity contribution in [1.29, 1.82) is 0 Å². The fraction of sp³-hybridized carbons (Fsp3) is 0.632. The van der Waals surface area contributed by atoms with E-state index < -0.39 is 0 Å². The van der Waals surface area contributed by atoms with Crippen molar-refractivity contribution < 1.29 is 14.3 Å². The molecule has 2 fully saturated rings. The Balaban J connectivity index is 1.66. The molecule has 0 bridgehead atoms. The number of carbonyl (C=O) groups excluding carboxylic acids is 1. The molecule has 0 spiro atoms. The summed E-state index contributed by atoms with van der Waals surface area (Å²) in [7, 11) is 0. The molecule has 3 aliphatic rings. The number of carbonyl (C=O) groups is 1. The average Bonchev–Trinajstić information content (AvgIpc) is 3.25. The van der Waals surface area contributed by atoms with Gasteiger partial charge in [-0.15, -0.1) is 0 Å². The summed E-state index contributed by atoms with van der Waals surface area (Å²) in [5.74, 6) is 1.06. The molecule has 2 aliphatic heterocycles. The first-order valence-corrected chi connectivity index (χ1v) is 8.97. The fourth-order valence-corrected chi connectivity index (χ4v) is 4.64. The number of hydrogen-bond acceptors (Lipinski definition) is 4. The number of hydrogen-bond donors (Lipinski definition) is 1. The maximum absolute atomic E-state index is 12.0. The molecule has 2 heterocycles. The highest BCUT2D eigenvalue weighted by Crippen LogP contribution is 2.48. The number of nitrogens with one attached hydrogen (secondary N) is 1. The molecular formula is C19H25NO3. The van der Waals surface area contributed by atoms with Crippen molar-refractivity contribution in [3.8, 4) is 0 Å². The first-order valence-electron chi connectivity index (χ1n) is 8.97. The minimum absolute atomic E-state index is 0.188. The van der Waals surface area contributed by atoms with Crippen LogP contribution in [0.5, 0.6) is 0 Å². The van der Waals surface area contributed by atoms with Gasteiger partial charge in [0, 0.05) is 29.8 Å². The predicted octanol–water partition coefficient (Wildman–Crippen LogP) is 3.93. The monoisotopic (exact) mass is 315 g/mol. The Kier molecular flexibility index (Phi) is 4.02. The summed E-state index contributed by atoms with van der Waals surface area (Å²) >= 11 is 0. The first-order chi connectivity index (χ1) is 11.3. The first kappa shape index (κ1) is 15.0. The van der Waals surface area contributed by atoms with Gasteiger partial charge in [0.2, 0.25) is 0 Å². The van der Waals surface area contributed by atoms with E-state index in [4.69, 9.17) is 9.47 Å². The Bertz CT molecular complexity index is 594. The molecule has 1 saturated heterocycles. The standard InChI is InChI=1S/C19H25NO3/c1-2-22-19(21)13-7-8-14-16(11-13)20-17(12-5-3-4-6-12)15-9-10-23-18(14)15/h7-8,11-12,15,17-18,20H,2-6,9-10H2,1H3/t15-,17+,18+/m0/s1. The number of ether oxygens (including phenoxy) is 2. The molecule has 1 saturated carbocycles. The van der Waals surface area contributed by atoms with E-state index in [0.717, 1.165) is 24.6 Å². The number of rotatable bonds is 3. The Morgan fingerprint density at radius 1 is 1.30 bits per heavy atom. The summed E-state index contributed by atoms with van der Waals surface area (Å²) in [5.41, 5.74) is 2.89. The van der Waals surface area contributed by atoms with Crippen LogP contribution in [0, 0.1) is 11.8 Å². The predicted molar refractivity (Wildman–Crippen MR) is 88.6 cm³/mol. The number of esters is 1. The van der Waals surface area contributed by atoms with Crippen LogP contribution in [0.2, 0.25) is 0 Å². The van der Waals surface area contributed by atoms with Gasteiger partial charge in [-0.05, 0) is 44.2 Å². The summed E-state index contributed by atoms with van der Waals surface area (Å²) < 4.78 is 11.2. The van der Waals surface area contributed by atoms with Gasteiger partial charge in [0.15, 0.2) is 0 Å². The van der Waals surface area contributed by atoms with E-state index >= 15 is 0 Å². The highest BCUT2D eigenvalue weighted by molar-refractivity contribution is 5.91. The minimum atomic E-state index is -0.246. The van der Waals surface area contributed by atoms with Gasteiger partial charge in [0.25, 0.3) is 0 Å². The molecule has 1 aromatic rings. The zero-order valence-corrected chi connectivity index (χ0v) is 13.7. The normalized spacial score (nSPS) is 29.7. The molecular weight excluding hydrogens is 290 g/mol. The van der Waals surface area contributed by atoms with Crippen LogP contribution in [-0.4, -0.2) is 25.2 Å². The van der Waals surface area contributed by atoms with Crippen LogP contribution in [0.15, 0.2) is 18.2 Å². The molecule has 0 amide bonds. The largest absolute Gasteiger partial charge is 0.462 e. The van der Waals surface area contributed by atoms with Gasteiger partial charge in [-0.25, -0.2) is 4.79 Å². The summed E-state index contributed by atoms with van der Waals surface area (Å²) in [6.45, 7) is 3.09. The lowest BCUT2D eigenvalue weighted by atomic mass is 9.77. The minimum Gasteiger partial charge on any atom is -0.462 e. The van der Waals surface area contributed by atoms with Crippen LogP contribution >= 0.6 is 0 Å². The van der Waals surface area contributed by atoms with Crippen molar-refractivity contribution in [3.63, 3.8) is 0 Å². The van der Waals surface area contributed by atoms with Crippen molar-refractivity contribution >= 4 is 11.7 Å². The quantitative estimate of drug-likeness (QED) is 0.859. The Hall–Kier alpha value is -1.55. The van der Waals surface area contributed by atoms with Crippen molar-refractivity contribution in [1.82, 2.24) is 0 Å². The molecule has 124 valence electrons. The van der Waals surface area contributed by atoms with Crippen LogP contribution in [0.25, 0.3) is 0 Å². The lowest BCUT2D eigenvalue weighted by Crippen LogP contribution is -2.40. The number of anilines is 1. The third-order valence-corrected chi connectivity index (χ3v) is 5.70. The third-order valence-electron chi connectivity index (χ3n) is 5.70. The van der Waals surface area contributed by atoms with Gasteiger partial charge in [-0.1, -0.05) is 18.9 Å². The Morgan fingerprint density at radius 2 is 2.13 bits per heavy atom. The molecule has 1 N–H and O–H groups in total. The zero-order chi connectivity index (χ0) is 15.8. The fourth-order valence-electron chi connectivity index (χ4n) is 4.64. The maximum Gasteiger partial charge on any atom is 0.338 e. The topological polar surface area (TPSA) is 47.6 Å². The molecule has 0 aromatic heterocycles. The van der Waals surface area contributed by atoms with E-state index in [9.17, 15) is 4.79 Å². The van der Waals surface area contributed by atoms with Crippen molar-refractivity contribution in [2.45, 2.75) is 51.2 Å². The zero-order valence-electron chi connectivity index (χ0n) is 13.7. The van der Waals surface area contributed by atoms with Crippen molar-refractivity contribution in [2.24, 2.45) is 11.8 Å². The van der Waals surface area contributed by atoms with Crippen LogP contribution in [0.1, 0.15) is 61.1 Å². The SMILES string of the molecule is CCOC(=O)c1ccc2c(c1)N[C@H](C1CCCC1)[C@@H]1CCO[C@H]21. The lowest BCUT2D eigenvalue weighted by molar-refractivity contribution is 0.0525. The molecule has 1 aromatic carbocycles. The molecule has 4 nitrogen and oxygen atoms in total. The molecule has 4 heteroatoms. The Morgan fingerprint density at radius 3 is 2.91 bits per heavy atom. The molecule has 4 rings (SSSR count). The van der Waals surface area contributed by atoms with E-state index in [1.165, 1.54) is 31.2 Å². The summed E-state index contributed by atoms with van der Waals surface area (Å²) in [6, 6.07) is 6.35. The van der Waals surface area contributed by atoms with Gasteiger partial charge < -0.3 is 14.8 Å². The van der Waals surface area contributed by atoms with E-state index in [-0.39, 0.29) is 12.1 Å². The lowest BCUT2D eigenvalue weighted by Gasteiger charge is -2.39.